The van der Waals surface area contributed by atoms with Gasteiger partial charge in [-0.25, -0.2) is 0 Å². The number of aliphatic hydroxyl groups is 1. The zero-order valence-corrected chi connectivity index (χ0v) is 19.2. The van der Waals surface area contributed by atoms with Gasteiger partial charge in [-0.1, -0.05) is 47.6 Å². The molecule has 1 fully saturated rings. The van der Waals surface area contributed by atoms with Gasteiger partial charge in [-0.2, -0.15) is 0 Å². The van der Waals surface area contributed by atoms with Gasteiger partial charge in [-0.3, -0.25) is 0 Å². The van der Waals surface area contributed by atoms with Crippen molar-refractivity contribution in [2.24, 2.45) is 16.2 Å². The Morgan fingerprint density at radius 1 is 0.931 bits per heavy atom. The van der Waals surface area contributed by atoms with Gasteiger partial charge in [0, 0.05) is 13.0 Å². The summed E-state index contributed by atoms with van der Waals surface area (Å²) in [5.41, 5.74) is 0.487. The first kappa shape index (κ1) is 24.0. The van der Waals surface area contributed by atoms with Crippen LogP contribution in [0.15, 0.2) is 18.2 Å². The molecular weight excluding hydrogens is 368 g/mol. The molecular formula is C24H40O5. The normalized spacial score (nSPS) is 23.9. The highest BCUT2D eigenvalue weighted by Gasteiger charge is 2.42. The van der Waals surface area contributed by atoms with Gasteiger partial charge in [0.25, 0.3) is 0 Å². The second-order valence-corrected chi connectivity index (χ2v) is 10.6. The minimum atomic E-state index is -0.700. The molecule has 0 spiro atoms. The summed E-state index contributed by atoms with van der Waals surface area (Å²) in [6.45, 7) is 15.7. The number of hydrogen-bond acceptors (Lipinski definition) is 5. The highest BCUT2D eigenvalue weighted by molar-refractivity contribution is 5.45. The quantitative estimate of drug-likeness (QED) is 0.493. The molecule has 1 aliphatic heterocycles. The molecule has 1 heterocycles. The number of aliphatic hydroxyl groups excluding tert-OH is 1. The average molecular weight is 409 g/mol. The van der Waals surface area contributed by atoms with Crippen molar-refractivity contribution in [2.75, 3.05) is 6.61 Å². The summed E-state index contributed by atoms with van der Waals surface area (Å²) in [7, 11) is 0. The molecule has 0 saturated carbocycles. The Morgan fingerprint density at radius 3 is 2.17 bits per heavy atom. The van der Waals surface area contributed by atoms with Gasteiger partial charge in [-0.05, 0) is 54.6 Å². The first-order valence-corrected chi connectivity index (χ1v) is 10.7. The Hall–Kier alpha value is -1.30. The van der Waals surface area contributed by atoms with Crippen LogP contribution in [-0.4, -0.2) is 34.1 Å². The molecule has 1 saturated heterocycles. The van der Waals surface area contributed by atoms with Crippen molar-refractivity contribution in [2.45, 2.75) is 92.6 Å². The SMILES string of the molecule is CC1CC(C(C)(C)CCC(C)(C)C(C)(C)CCO)OC(c2cccc(O)c2O)O1. The molecule has 3 unspecified atom stereocenters. The average Bonchev–Trinajstić information content (AvgIpc) is 2.62. The van der Waals surface area contributed by atoms with E-state index in [1.807, 2.05) is 6.92 Å². The van der Waals surface area contributed by atoms with Gasteiger partial charge in [-0.15, -0.1) is 0 Å². The molecule has 2 rings (SSSR count). The first-order valence-electron chi connectivity index (χ1n) is 10.7. The molecule has 0 aliphatic carbocycles. The van der Waals surface area contributed by atoms with Gasteiger partial charge in [0.1, 0.15) is 0 Å². The largest absolute Gasteiger partial charge is 0.504 e. The molecule has 3 atom stereocenters. The van der Waals surface area contributed by atoms with E-state index < -0.39 is 6.29 Å². The van der Waals surface area contributed by atoms with Crippen LogP contribution in [0.25, 0.3) is 0 Å². The molecule has 0 amide bonds. The van der Waals surface area contributed by atoms with Crippen LogP contribution in [0.2, 0.25) is 0 Å². The summed E-state index contributed by atoms with van der Waals surface area (Å²) in [6.07, 6.45) is 2.81. The zero-order chi connectivity index (χ0) is 22.0. The molecule has 5 nitrogen and oxygen atoms in total. The van der Waals surface area contributed by atoms with Crippen LogP contribution in [0.1, 0.15) is 86.0 Å². The van der Waals surface area contributed by atoms with Crippen molar-refractivity contribution >= 4 is 0 Å². The fourth-order valence-corrected chi connectivity index (χ4v) is 3.95. The van der Waals surface area contributed by atoms with Crippen LogP contribution >= 0.6 is 0 Å². The standard InChI is InChI=1S/C24H40O5/c1-16-15-19(29-21(28-16)17-9-8-10-18(26)20(17)27)22(2,3)11-12-23(4,5)24(6,7)13-14-25/h8-10,16,19,21,25-27H,11-15H2,1-7H3. The molecule has 29 heavy (non-hydrogen) atoms. The molecule has 166 valence electrons. The lowest BCUT2D eigenvalue weighted by atomic mass is 9.62. The minimum absolute atomic E-state index is 0.0152. The lowest BCUT2D eigenvalue weighted by molar-refractivity contribution is -0.266. The van der Waals surface area contributed by atoms with E-state index in [0.29, 0.717) is 5.56 Å². The van der Waals surface area contributed by atoms with Gasteiger partial charge in [0.05, 0.1) is 17.8 Å². The fraction of sp³-hybridized carbons (Fsp3) is 0.750. The van der Waals surface area contributed by atoms with Crippen molar-refractivity contribution in [1.29, 1.82) is 0 Å². The Balaban J connectivity index is 2.14. The van der Waals surface area contributed by atoms with Crippen LogP contribution < -0.4 is 0 Å². The van der Waals surface area contributed by atoms with E-state index in [1.54, 1.807) is 12.1 Å². The zero-order valence-electron chi connectivity index (χ0n) is 19.2. The highest BCUT2D eigenvalue weighted by atomic mass is 16.7. The van der Waals surface area contributed by atoms with Gasteiger partial charge < -0.3 is 24.8 Å². The number of phenols is 2. The predicted octanol–water partition coefficient (Wildman–Crippen LogP) is 5.53. The number of aromatic hydroxyl groups is 2. The number of benzene rings is 1. The molecule has 1 aromatic carbocycles. The van der Waals surface area contributed by atoms with Crippen molar-refractivity contribution in [3.63, 3.8) is 0 Å². The Morgan fingerprint density at radius 2 is 1.55 bits per heavy atom. The fourth-order valence-electron chi connectivity index (χ4n) is 3.95. The maximum atomic E-state index is 10.2. The number of ether oxygens (including phenoxy) is 2. The molecule has 1 aromatic rings. The summed E-state index contributed by atoms with van der Waals surface area (Å²) in [6, 6.07) is 4.85. The predicted molar refractivity (Wildman–Crippen MR) is 115 cm³/mol. The van der Waals surface area contributed by atoms with Crippen molar-refractivity contribution < 1.29 is 24.8 Å². The molecule has 0 aromatic heterocycles. The second kappa shape index (κ2) is 8.83. The molecule has 0 bridgehead atoms. The molecule has 3 N–H and O–H groups in total. The van der Waals surface area contributed by atoms with Crippen molar-refractivity contribution in [3.8, 4) is 11.5 Å². The maximum Gasteiger partial charge on any atom is 0.188 e. The van der Waals surface area contributed by atoms with Gasteiger partial charge >= 0.3 is 0 Å². The number of hydrogen-bond donors (Lipinski definition) is 3. The van der Waals surface area contributed by atoms with Gasteiger partial charge in [0.2, 0.25) is 0 Å². The number of rotatable bonds is 8. The second-order valence-electron chi connectivity index (χ2n) is 10.6. The number of phenolic OH excluding ortho intramolecular Hbond substituents is 2. The number of para-hydroxylation sites is 1. The van der Waals surface area contributed by atoms with E-state index >= 15 is 0 Å². The third-order valence-corrected chi connectivity index (χ3v) is 7.32. The van der Waals surface area contributed by atoms with Crippen LogP contribution in [0.3, 0.4) is 0 Å². The third kappa shape index (κ3) is 5.44. The van der Waals surface area contributed by atoms with Crippen LogP contribution in [-0.2, 0) is 9.47 Å². The smallest absolute Gasteiger partial charge is 0.188 e. The van der Waals surface area contributed by atoms with E-state index in [2.05, 4.69) is 41.5 Å². The Bertz CT molecular complexity index is 680. The summed E-state index contributed by atoms with van der Waals surface area (Å²) in [5, 5.41) is 29.5. The summed E-state index contributed by atoms with van der Waals surface area (Å²) < 4.78 is 12.3. The van der Waals surface area contributed by atoms with E-state index in [4.69, 9.17) is 9.47 Å². The third-order valence-electron chi connectivity index (χ3n) is 7.32. The van der Waals surface area contributed by atoms with Crippen molar-refractivity contribution in [1.82, 2.24) is 0 Å². The van der Waals surface area contributed by atoms with E-state index in [1.165, 1.54) is 6.07 Å². The van der Waals surface area contributed by atoms with E-state index in [9.17, 15) is 15.3 Å². The van der Waals surface area contributed by atoms with Crippen LogP contribution in [0, 0.1) is 16.2 Å². The Kier molecular flexibility index (Phi) is 7.30. The van der Waals surface area contributed by atoms with E-state index in [-0.39, 0.29) is 46.6 Å². The monoisotopic (exact) mass is 408 g/mol. The molecule has 0 radical (unpaired) electrons. The first-order chi connectivity index (χ1) is 13.3. The lowest BCUT2D eigenvalue weighted by Crippen LogP contribution is -2.42. The lowest BCUT2D eigenvalue weighted by Gasteiger charge is -2.46. The van der Waals surface area contributed by atoms with Crippen LogP contribution in [0.4, 0.5) is 0 Å². The highest BCUT2D eigenvalue weighted by Crippen LogP contribution is 2.49. The van der Waals surface area contributed by atoms with Gasteiger partial charge in [0.15, 0.2) is 17.8 Å². The minimum Gasteiger partial charge on any atom is -0.504 e. The topological polar surface area (TPSA) is 79.2 Å². The molecule has 5 heteroatoms. The van der Waals surface area contributed by atoms with Crippen LogP contribution in [0.5, 0.6) is 11.5 Å². The Labute approximate surface area is 176 Å². The van der Waals surface area contributed by atoms with Crippen molar-refractivity contribution in [3.05, 3.63) is 23.8 Å². The van der Waals surface area contributed by atoms with E-state index in [0.717, 1.165) is 25.7 Å². The summed E-state index contributed by atoms with van der Waals surface area (Å²) in [5.74, 6) is -0.355. The maximum absolute atomic E-state index is 10.2. The molecule has 1 aliphatic rings. The summed E-state index contributed by atoms with van der Waals surface area (Å²) >= 11 is 0. The summed E-state index contributed by atoms with van der Waals surface area (Å²) in [4.78, 5) is 0.